The molecule has 0 atom stereocenters. The smallest absolute Gasteiger partial charge is 0.407 e. The number of hydrogen-bond acceptors (Lipinski definition) is 4. The van der Waals surface area contributed by atoms with Crippen LogP contribution < -0.4 is 10.6 Å². The molecule has 1 aliphatic rings. The second kappa shape index (κ2) is 8.09. The maximum Gasteiger partial charge on any atom is 0.407 e. The molecule has 0 unspecified atom stereocenters. The minimum atomic E-state index is -0.506. The summed E-state index contributed by atoms with van der Waals surface area (Å²) in [6.07, 6.45) is 2.85. The first-order valence-electron chi connectivity index (χ1n) is 9.73. The van der Waals surface area contributed by atoms with Gasteiger partial charge < -0.3 is 20.5 Å². The largest absolute Gasteiger partial charge is 0.508 e. The topological polar surface area (TPSA) is 87.7 Å². The molecular weight excluding hydrogens is 356 g/mol. The number of phenolic OH excluding ortho intramolecular Hbond substituents is 1. The van der Waals surface area contributed by atoms with Gasteiger partial charge in [-0.05, 0) is 81.5 Å². The third kappa shape index (κ3) is 5.38. The number of rotatable bonds is 3. The molecule has 0 heterocycles. The van der Waals surface area contributed by atoms with Crippen LogP contribution in [0.2, 0.25) is 0 Å². The highest BCUT2D eigenvalue weighted by Crippen LogP contribution is 2.23. The van der Waals surface area contributed by atoms with E-state index in [0.717, 1.165) is 36.5 Å². The number of fused-ring (bicyclic) bond motifs is 1. The van der Waals surface area contributed by atoms with E-state index < -0.39 is 5.60 Å². The van der Waals surface area contributed by atoms with E-state index in [1.165, 1.54) is 0 Å². The van der Waals surface area contributed by atoms with Gasteiger partial charge >= 0.3 is 6.09 Å². The van der Waals surface area contributed by atoms with E-state index in [0.29, 0.717) is 5.56 Å². The Morgan fingerprint density at radius 3 is 2.14 bits per heavy atom. The third-order valence-corrected chi connectivity index (χ3v) is 4.87. The lowest BCUT2D eigenvalue weighted by Crippen LogP contribution is -2.45. The summed E-state index contributed by atoms with van der Waals surface area (Å²) in [4.78, 5) is 24.5. The molecule has 0 saturated heterocycles. The summed E-state index contributed by atoms with van der Waals surface area (Å²) in [5.74, 6) is 0.111. The average Bonchev–Trinajstić information content (AvgIpc) is 2.61. The Bertz CT molecular complexity index is 864. The minimum absolute atomic E-state index is 0.0800. The standard InChI is InChI=1S/C22H28N2O4/c1-22(2,3)28-21(27)24-18-9-7-17(8-10-18)23-20(26)16-5-4-15-13-19(25)11-6-14(15)12-16/h4-6,11-13,17-18,25H,7-10H2,1-3H3,(H,23,26)(H,24,27). The van der Waals surface area contributed by atoms with Gasteiger partial charge in [0, 0.05) is 17.6 Å². The van der Waals surface area contributed by atoms with Gasteiger partial charge in [-0.25, -0.2) is 4.79 Å². The van der Waals surface area contributed by atoms with Crippen LogP contribution in [0.4, 0.5) is 4.79 Å². The molecule has 1 saturated carbocycles. The summed E-state index contributed by atoms with van der Waals surface area (Å²) in [5, 5.41) is 17.4. The fraction of sp³-hybridized carbons (Fsp3) is 0.455. The Morgan fingerprint density at radius 1 is 0.929 bits per heavy atom. The number of nitrogens with one attached hydrogen (secondary N) is 2. The van der Waals surface area contributed by atoms with Gasteiger partial charge in [0.2, 0.25) is 0 Å². The molecular formula is C22H28N2O4. The van der Waals surface area contributed by atoms with Crippen LogP contribution in [0.5, 0.6) is 5.75 Å². The number of carbonyl (C=O) groups excluding carboxylic acids is 2. The van der Waals surface area contributed by atoms with Gasteiger partial charge in [-0.2, -0.15) is 0 Å². The predicted octanol–water partition coefficient (Wildman–Crippen LogP) is 4.11. The Hall–Kier alpha value is -2.76. The van der Waals surface area contributed by atoms with Crippen molar-refractivity contribution in [1.82, 2.24) is 10.6 Å². The van der Waals surface area contributed by atoms with Crippen molar-refractivity contribution in [1.29, 1.82) is 0 Å². The number of phenols is 1. The molecule has 3 rings (SSSR count). The van der Waals surface area contributed by atoms with E-state index in [1.807, 2.05) is 32.9 Å². The van der Waals surface area contributed by atoms with Crippen LogP contribution in [0, 0.1) is 0 Å². The van der Waals surface area contributed by atoms with Gasteiger partial charge in [-0.3, -0.25) is 4.79 Å². The molecule has 0 aliphatic heterocycles. The van der Waals surface area contributed by atoms with E-state index >= 15 is 0 Å². The molecule has 6 nitrogen and oxygen atoms in total. The zero-order valence-electron chi connectivity index (χ0n) is 16.6. The number of ether oxygens (including phenoxy) is 1. The number of carbonyl (C=O) groups is 2. The lowest BCUT2D eigenvalue weighted by molar-refractivity contribution is 0.0488. The molecule has 3 N–H and O–H groups in total. The normalized spacial score (nSPS) is 19.8. The molecule has 1 aliphatic carbocycles. The molecule has 0 bridgehead atoms. The van der Waals surface area contributed by atoms with Crippen molar-refractivity contribution < 1.29 is 19.4 Å². The van der Waals surface area contributed by atoms with Gasteiger partial charge in [0.1, 0.15) is 11.4 Å². The van der Waals surface area contributed by atoms with Gasteiger partial charge in [0.25, 0.3) is 5.91 Å². The number of alkyl carbamates (subject to hydrolysis) is 1. The number of benzene rings is 2. The molecule has 0 spiro atoms. The van der Waals surface area contributed by atoms with Crippen LogP contribution in [0.1, 0.15) is 56.8 Å². The summed E-state index contributed by atoms with van der Waals surface area (Å²) < 4.78 is 5.30. The summed E-state index contributed by atoms with van der Waals surface area (Å²) in [6.45, 7) is 5.53. The molecule has 0 aromatic heterocycles. The Labute approximate surface area is 165 Å². The van der Waals surface area contributed by atoms with E-state index in [2.05, 4.69) is 10.6 Å². The van der Waals surface area contributed by atoms with Crippen molar-refractivity contribution in [3.8, 4) is 5.75 Å². The Morgan fingerprint density at radius 2 is 1.50 bits per heavy atom. The number of aromatic hydroxyl groups is 1. The van der Waals surface area contributed by atoms with Crippen LogP contribution in [-0.2, 0) is 4.74 Å². The summed E-state index contributed by atoms with van der Waals surface area (Å²) in [5.41, 5.74) is 0.0978. The second-order valence-corrected chi connectivity index (χ2v) is 8.41. The lowest BCUT2D eigenvalue weighted by atomic mass is 9.91. The van der Waals surface area contributed by atoms with Crippen molar-refractivity contribution in [2.45, 2.75) is 64.1 Å². The average molecular weight is 384 g/mol. The van der Waals surface area contributed by atoms with Gasteiger partial charge in [0.05, 0.1) is 0 Å². The number of amides is 2. The molecule has 6 heteroatoms. The zero-order chi connectivity index (χ0) is 20.3. The first kappa shape index (κ1) is 20.0. The molecule has 150 valence electrons. The fourth-order valence-corrected chi connectivity index (χ4v) is 3.50. The van der Waals surface area contributed by atoms with Crippen LogP contribution in [0.25, 0.3) is 10.8 Å². The van der Waals surface area contributed by atoms with Gasteiger partial charge in [-0.15, -0.1) is 0 Å². The Kier molecular flexibility index (Phi) is 5.77. The quantitative estimate of drug-likeness (QED) is 0.743. The van der Waals surface area contributed by atoms with Crippen LogP contribution in [0.3, 0.4) is 0 Å². The predicted molar refractivity (Wildman–Crippen MR) is 108 cm³/mol. The van der Waals surface area contributed by atoms with Crippen LogP contribution in [-0.4, -0.2) is 34.8 Å². The Balaban J connectivity index is 1.51. The van der Waals surface area contributed by atoms with E-state index in [-0.39, 0.29) is 29.8 Å². The van der Waals surface area contributed by atoms with Gasteiger partial charge in [-0.1, -0.05) is 12.1 Å². The maximum atomic E-state index is 12.6. The van der Waals surface area contributed by atoms with Crippen LogP contribution in [0.15, 0.2) is 36.4 Å². The first-order valence-corrected chi connectivity index (χ1v) is 9.73. The highest BCUT2D eigenvalue weighted by Gasteiger charge is 2.25. The monoisotopic (exact) mass is 384 g/mol. The molecule has 2 amide bonds. The molecule has 1 fully saturated rings. The summed E-state index contributed by atoms with van der Waals surface area (Å²) in [7, 11) is 0. The van der Waals surface area contributed by atoms with E-state index in [4.69, 9.17) is 4.74 Å². The second-order valence-electron chi connectivity index (χ2n) is 8.41. The molecule has 0 radical (unpaired) electrons. The minimum Gasteiger partial charge on any atom is -0.508 e. The fourth-order valence-electron chi connectivity index (χ4n) is 3.50. The zero-order valence-corrected chi connectivity index (χ0v) is 16.6. The lowest BCUT2D eigenvalue weighted by Gasteiger charge is -2.30. The highest BCUT2D eigenvalue weighted by molar-refractivity contribution is 5.98. The molecule has 2 aromatic rings. The third-order valence-electron chi connectivity index (χ3n) is 4.87. The summed E-state index contributed by atoms with van der Waals surface area (Å²) in [6, 6.07) is 10.7. The van der Waals surface area contributed by atoms with Crippen molar-refractivity contribution in [3.05, 3.63) is 42.0 Å². The SMILES string of the molecule is CC(C)(C)OC(=O)NC1CCC(NC(=O)c2ccc3cc(O)ccc3c2)CC1. The van der Waals surface area contributed by atoms with Crippen molar-refractivity contribution in [2.24, 2.45) is 0 Å². The van der Waals surface area contributed by atoms with E-state index in [9.17, 15) is 14.7 Å². The first-order chi connectivity index (χ1) is 13.2. The molecule has 28 heavy (non-hydrogen) atoms. The maximum absolute atomic E-state index is 12.6. The van der Waals surface area contributed by atoms with Gasteiger partial charge in [0.15, 0.2) is 0 Å². The summed E-state index contributed by atoms with van der Waals surface area (Å²) >= 11 is 0. The van der Waals surface area contributed by atoms with Crippen molar-refractivity contribution in [2.75, 3.05) is 0 Å². The van der Waals surface area contributed by atoms with E-state index in [1.54, 1.807) is 24.3 Å². The van der Waals surface area contributed by atoms with Crippen LogP contribution >= 0.6 is 0 Å². The van der Waals surface area contributed by atoms with Crippen molar-refractivity contribution in [3.63, 3.8) is 0 Å². The highest BCUT2D eigenvalue weighted by atomic mass is 16.6. The molecule has 2 aromatic carbocycles. The number of hydrogen-bond donors (Lipinski definition) is 3. The van der Waals surface area contributed by atoms with Crippen molar-refractivity contribution >= 4 is 22.8 Å².